The van der Waals surface area contributed by atoms with E-state index in [-0.39, 0.29) is 5.92 Å². The number of nitrogens with zero attached hydrogens (tertiary/aromatic N) is 3. The minimum absolute atomic E-state index is 0.283. The van der Waals surface area contributed by atoms with Crippen LogP contribution in [0.1, 0.15) is 25.5 Å². The van der Waals surface area contributed by atoms with Crippen molar-refractivity contribution in [3.8, 4) is 11.5 Å². The normalized spacial score (nSPS) is 11.3. The third kappa shape index (κ3) is 2.74. The van der Waals surface area contributed by atoms with E-state index in [1.807, 2.05) is 24.3 Å². The molecule has 0 saturated heterocycles. The third-order valence-corrected chi connectivity index (χ3v) is 4.92. The van der Waals surface area contributed by atoms with Gasteiger partial charge >= 0.3 is 0 Å². The van der Waals surface area contributed by atoms with Crippen LogP contribution in [0.4, 0.5) is 0 Å². The smallest absolute Gasteiger partial charge is 0.180 e. The van der Waals surface area contributed by atoms with Crippen LogP contribution in [0.15, 0.2) is 36.5 Å². The molecule has 3 aromatic rings. The van der Waals surface area contributed by atoms with Crippen molar-refractivity contribution in [3.05, 3.63) is 50.9 Å². The van der Waals surface area contributed by atoms with E-state index in [1.54, 1.807) is 6.20 Å². The second-order valence-corrected chi connectivity index (χ2v) is 6.51. The molecule has 21 heavy (non-hydrogen) atoms. The fourth-order valence-electron chi connectivity index (χ4n) is 2.22. The minimum Gasteiger partial charge on any atom is -0.252 e. The maximum atomic E-state index is 6.28. The maximum Gasteiger partial charge on any atom is 0.180 e. The number of rotatable bonds is 2. The van der Waals surface area contributed by atoms with Gasteiger partial charge in [0.1, 0.15) is 10.8 Å². The molecule has 0 bridgehead atoms. The first kappa shape index (κ1) is 14.7. The maximum absolute atomic E-state index is 6.28. The minimum atomic E-state index is 0.283. The highest BCUT2D eigenvalue weighted by Gasteiger charge is 2.16. The van der Waals surface area contributed by atoms with Crippen molar-refractivity contribution in [1.82, 2.24) is 15.0 Å². The van der Waals surface area contributed by atoms with Crippen molar-refractivity contribution in [2.24, 2.45) is 0 Å². The van der Waals surface area contributed by atoms with Gasteiger partial charge in [0.2, 0.25) is 0 Å². The molecule has 1 aromatic carbocycles. The molecule has 3 nitrogen and oxygen atoms in total. The van der Waals surface area contributed by atoms with E-state index in [0.29, 0.717) is 11.0 Å². The SMILES string of the molecule is CC(C)c1nc(-c2nccc3ccccc23)nc(Cl)c1I. The van der Waals surface area contributed by atoms with Gasteiger partial charge in [-0.2, -0.15) is 0 Å². The molecule has 0 spiro atoms. The molecule has 2 aromatic heterocycles. The van der Waals surface area contributed by atoms with Crippen LogP contribution in [0, 0.1) is 3.57 Å². The summed E-state index contributed by atoms with van der Waals surface area (Å²) < 4.78 is 0.910. The van der Waals surface area contributed by atoms with Crippen LogP contribution in [-0.4, -0.2) is 15.0 Å². The molecule has 0 N–H and O–H groups in total. The number of hydrogen-bond acceptors (Lipinski definition) is 3. The fourth-order valence-corrected chi connectivity index (χ4v) is 3.26. The Balaban J connectivity index is 2.28. The molecule has 0 radical (unpaired) electrons. The van der Waals surface area contributed by atoms with Crippen molar-refractivity contribution < 1.29 is 0 Å². The Bertz CT molecular complexity index is 812. The summed E-state index contributed by atoms with van der Waals surface area (Å²) in [6, 6.07) is 10.1. The number of halogens is 2. The summed E-state index contributed by atoms with van der Waals surface area (Å²) in [4.78, 5) is 13.6. The second-order valence-electron chi connectivity index (χ2n) is 5.07. The van der Waals surface area contributed by atoms with Crippen molar-refractivity contribution in [2.75, 3.05) is 0 Å². The first-order valence-corrected chi connectivity index (χ1v) is 8.10. The summed E-state index contributed by atoms with van der Waals surface area (Å²) in [5, 5.41) is 2.64. The van der Waals surface area contributed by atoms with Crippen LogP contribution in [-0.2, 0) is 0 Å². The quantitative estimate of drug-likeness (QED) is 0.438. The number of hydrogen-bond donors (Lipinski definition) is 0. The summed E-state index contributed by atoms with van der Waals surface area (Å²) in [6.07, 6.45) is 1.78. The molecule has 0 amide bonds. The van der Waals surface area contributed by atoms with Crippen LogP contribution in [0.5, 0.6) is 0 Å². The van der Waals surface area contributed by atoms with E-state index >= 15 is 0 Å². The summed E-state index contributed by atoms with van der Waals surface area (Å²) in [5.74, 6) is 0.868. The summed E-state index contributed by atoms with van der Waals surface area (Å²) in [6.45, 7) is 4.20. The van der Waals surface area contributed by atoms with E-state index in [4.69, 9.17) is 11.6 Å². The lowest BCUT2D eigenvalue weighted by molar-refractivity contribution is 0.807. The molecular formula is C16H13ClIN3. The average Bonchev–Trinajstić information content (AvgIpc) is 2.49. The highest BCUT2D eigenvalue weighted by molar-refractivity contribution is 14.1. The molecule has 0 aliphatic heterocycles. The largest absolute Gasteiger partial charge is 0.252 e. The zero-order valence-corrected chi connectivity index (χ0v) is 14.6. The third-order valence-electron chi connectivity index (χ3n) is 3.27. The first-order chi connectivity index (χ1) is 10.1. The van der Waals surface area contributed by atoms with E-state index in [2.05, 4.69) is 57.5 Å². The zero-order chi connectivity index (χ0) is 15.0. The molecule has 0 fully saturated rings. The molecule has 3 rings (SSSR count). The van der Waals surface area contributed by atoms with Crippen molar-refractivity contribution >= 4 is 45.0 Å². The number of aromatic nitrogens is 3. The van der Waals surface area contributed by atoms with Gasteiger partial charge in [0, 0.05) is 11.6 Å². The Hall–Kier alpha value is -1.27. The first-order valence-electron chi connectivity index (χ1n) is 6.65. The van der Waals surface area contributed by atoms with Gasteiger partial charge in [-0.25, -0.2) is 9.97 Å². The highest BCUT2D eigenvalue weighted by Crippen LogP contribution is 2.30. The molecule has 2 heterocycles. The topological polar surface area (TPSA) is 38.7 Å². The van der Waals surface area contributed by atoms with Gasteiger partial charge in [0.05, 0.1) is 9.26 Å². The summed E-state index contributed by atoms with van der Waals surface area (Å²) >= 11 is 8.47. The van der Waals surface area contributed by atoms with Gasteiger partial charge in [-0.3, -0.25) is 4.98 Å². The van der Waals surface area contributed by atoms with Crippen LogP contribution < -0.4 is 0 Å². The van der Waals surface area contributed by atoms with Gasteiger partial charge < -0.3 is 0 Å². The van der Waals surface area contributed by atoms with E-state index < -0.39 is 0 Å². The van der Waals surface area contributed by atoms with Crippen molar-refractivity contribution in [3.63, 3.8) is 0 Å². The van der Waals surface area contributed by atoms with Gasteiger partial charge in [-0.1, -0.05) is 49.7 Å². The molecule has 0 atom stereocenters. The van der Waals surface area contributed by atoms with Gasteiger partial charge in [0.15, 0.2) is 5.82 Å². The Morgan fingerprint density at radius 3 is 2.62 bits per heavy atom. The molecule has 0 saturated carbocycles. The predicted molar refractivity (Wildman–Crippen MR) is 94.6 cm³/mol. The van der Waals surface area contributed by atoms with Crippen LogP contribution >= 0.6 is 34.2 Å². The van der Waals surface area contributed by atoms with Crippen molar-refractivity contribution in [2.45, 2.75) is 19.8 Å². The van der Waals surface area contributed by atoms with E-state index in [0.717, 1.165) is 25.7 Å². The zero-order valence-electron chi connectivity index (χ0n) is 11.6. The Labute approximate surface area is 141 Å². The van der Waals surface area contributed by atoms with Gasteiger partial charge in [-0.05, 0) is 40.0 Å². The lowest BCUT2D eigenvalue weighted by Gasteiger charge is -2.11. The molecule has 5 heteroatoms. The molecule has 106 valence electrons. The van der Waals surface area contributed by atoms with E-state index in [1.165, 1.54) is 0 Å². The number of benzene rings is 1. The van der Waals surface area contributed by atoms with Crippen molar-refractivity contribution in [1.29, 1.82) is 0 Å². The predicted octanol–water partition coefficient (Wildman–Crippen LogP) is 5.07. The molecule has 0 aliphatic rings. The highest BCUT2D eigenvalue weighted by atomic mass is 127. The Morgan fingerprint density at radius 1 is 1.10 bits per heavy atom. The number of fused-ring (bicyclic) bond motifs is 1. The number of pyridine rings is 1. The van der Waals surface area contributed by atoms with Crippen LogP contribution in [0.3, 0.4) is 0 Å². The standard InChI is InChI=1S/C16H13ClIN3/c1-9(2)13-12(18)15(17)21-16(20-13)14-11-6-4-3-5-10(11)7-8-19-14/h3-9H,1-2H3. The van der Waals surface area contributed by atoms with Crippen LogP contribution in [0.2, 0.25) is 5.15 Å². The molecule has 0 unspecified atom stereocenters. The lowest BCUT2D eigenvalue weighted by Crippen LogP contribution is -2.03. The summed E-state index contributed by atoms with van der Waals surface area (Å²) in [7, 11) is 0. The van der Waals surface area contributed by atoms with Gasteiger partial charge in [0.25, 0.3) is 0 Å². The van der Waals surface area contributed by atoms with E-state index in [9.17, 15) is 0 Å². The second kappa shape index (κ2) is 5.85. The van der Waals surface area contributed by atoms with Crippen LogP contribution in [0.25, 0.3) is 22.3 Å². The summed E-state index contributed by atoms with van der Waals surface area (Å²) in [5.41, 5.74) is 1.73. The average molecular weight is 410 g/mol. The monoisotopic (exact) mass is 409 g/mol. The Morgan fingerprint density at radius 2 is 1.86 bits per heavy atom. The Kier molecular flexibility index (Phi) is 4.08. The lowest BCUT2D eigenvalue weighted by atomic mass is 10.1. The van der Waals surface area contributed by atoms with Gasteiger partial charge in [-0.15, -0.1) is 0 Å². The molecular weight excluding hydrogens is 397 g/mol. The molecule has 0 aliphatic carbocycles. The fraction of sp³-hybridized carbons (Fsp3) is 0.188.